The number of sulfonamides is 1. The molecule has 1 saturated heterocycles. The van der Waals surface area contributed by atoms with Crippen LogP contribution in [0.4, 0.5) is 11.4 Å². The molecule has 1 atom stereocenters. The van der Waals surface area contributed by atoms with Crippen molar-refractivity contribution in [1.29, 1.82) is 0 Å². The molecule has 10 heteroatoms. The monoisotopic (exact) mass is 363 g/mol. The molecule has 8 nitrogen and oxygen atoms in total. The normalized spacial score (nSPS) is 19.4. The zero-order valence-corrected chi connectivity index (χ0v) is 12.4. The van der Waals surface area contributed by atoms with Crippen LogP contribution in [-0.2, 0) is 14.8 Å². The molecule has 0 bridgehead atoms. The van der Waals surface area contributed by atoms with E-state index in [2.05, 4.69) is 15.9 Å². The number of halogens is 1. The lowest BCUT2D eigenvalue weighted by molar-refractivity contribution is -0.384. The van der Waals surface area contributed by atoms with E-state index in [0.29, 0.717) is 4.47 Å². The summed E-state index contributed by atoms with van der Waals surface area (Å²) in [6.45, 7) is -0.180. The zero-order chi connectivity index (χ0) is 15.1. The first-order valence-electron chi connectivity index (χ1n) is 5.46. The molecular formula is C10H10BrN3O5S. The van der Waals surface area contributed by atoms with Crippen molar-refractivity contribution in [2.45, 2.75) is 11.7 Å². The maximum Gasteiger partial charge on any atom is 0.294 e. The van der Waals surface area contributed by atoms with Gasteiger partial charge in [-0.1, -0.05) is 15.9 Å². The van der Waals surface area contributed by atoms with E-state index >= 15 is 0 Å². The summed E-state index contributed by atoms with van der Waals surface area (Å²) >= 11 is 3.11. The van der Waals surface area contributed by atoms with E-state index in [4.69, 9.17) is 5.14 Å². The van der Waals surface area contributed by atoms with Crippen LogP contribution in [-0.4, -0.2) is 31.0 Å². The zero-order valence-electron chi connectivity index (χ0n) is 10.0. The Hall–Kier alpha value is -1.52. The van der Waals surface area contributed by atoms with Gasteiger partial charge in [-0.05, 0) is 12.1 Å². The number of benzene rings is 1. The van der Waals surface area contributed by atoms with E-state index in [1.54, 1.807) is 6.07 Å². The average Bonchev–Trinajstić information content (AvgIpc) is 2.71. The topological polar surface area (TPSA) is 124 Å². The number of hydrogen-bond donors (Lipinski definition) is 1. The predicted octanol–water partition coefficient (Wildman–Crippen LogP) is 0.751. The van der Waals surface area contributed by atoms with E-state index in [-0.39, 0.29) is 24.3 Å². The molecule has 1 aromatic carbocycles. The summed E-state index contributed by atoms with van der Waals surface area (Å²) < 4.78 is 23.1. The first-order chi connectivity index (χ1) is 9.20. The third kappa shape index (κ3) is 2.81. The van der Waals surface area contributed by atoms with E-state index in [1.807, 2.05) is 0 Å². The minimum Gasteiger partial charge on any atom is -0.305 e. The van der Waals surface area contributed by atoms with Crippen LogP contribution in [0.25, 0.3) is 0 Å². The third-order valence-electron chi connectivity index (χ3n) is 2.98. The van der Waals surface area contributed by atoms with E-state index in [1.165, 1.54) is 12.1 Å². The number of rotatable bonds is 3. The van der Waals surface area contributed by atoms with Crippen LogP contribution >= 0.6 is 15.9 Å². The minimum atomic E-state index is -3.86. The van der Waals surface area contributed by atoms with Crippen LogP contribution in [0.3, 0.4) is 0 Å². The smallest absolute Gasteiger partial charge is 0.294 e. The molecule has 108 valence electrons. The van der Waals surface area contributed by atoms with Crippen molar-refractivity contribution in [1.82, 2.24) is 0 Å². The van der Waals surface area contributed by atoms with Crippen LogP contribution in [0.2, 0.25) is 0 Å². The quantitative estimate of drug-likeness (QED) is 0.626. The summed E-state index contributed by atoms with van der Waals surface area (Å²) in [6, 6.07) is 4.19. The number of amides is 1. The summed E-state index contributed by atoms with van der Waals surface area (Å²) in [7, 11) is -3.86. The van der Waals surface area contributed by atoms with Crippen molar-refractivity contribution in [3.05, 3.63) is 32.8 Å². The van der Waals surface area contributed by atoms with Crippen LogP contribution in [0, 0.1) is 10.1 Å². The Morgan fingerprint density at radius 1 is 1.45 bits per heavy atom. The molecule has 1 unspecified atom stereocenters. The molecule has 1 aliphatic rings. The van der Waals surface area contributed by atoms with Crippen molar-refractivity contribution >= 4 is 43.2 Å². The number of anilines is 1. The lowest BCUT2D eigenvalue weighted by atomic mass is 10.2. The number of nitrogens with two attached hydrogens (primary N) is 1. The van der Waals surface area contributed by atoms with Crippen LogP contribution in [0.5, 0.6) is 0 Å². The van der Waals surface area contributed by atoms with Gasteiger partial charge >= 0.3 is 0 Å². The Bertz CT molecular complexity index is 690. The van der Waals surface area contributed by atoms with Gasteiger partial charge in [0, 0.05) is 23.5 Å². The number of hydrogen-bond acceptors (Lipinski definition) is 5. The van der Waals surface area contributed by atoms with Crippen LogP contribution in [0.15, 0.2) is 22.7 Å². The molecule has 0 radical (unpaired) electrons. The lowest BCUT2D eigenvalue weighted by Gasteiger charge is -2.16. The van der Waals surface area contributed by atoms with Crippen molar-refractivity contribution in [2.24, 2.45) is 5.14 Å². The average molecular weight is 364 g/mol. The Kier molecular flexibility index (Phi) is 3.80. The summed E-state index contributed by atoms with van der Waals surface area (Å²) in [5.41, 5.74) is -0.211. The fraction of sp³-hybridized carbons (Fsp3) is 0.300. The number of nitrogens with zero attached hydrogens (tertiary/aromatic N) is 2. The molecule has 0 saturated carbocycles. The lowest BCUT2D eigenvalue weighted by Crippen LogP contribution is -2.32. The largest absolute Gasteiger partial charge is 0.305 e. The van der Waals surface area contributed by atoms with Crippen molar-refractivity contribution in [2.75, 3.05) is 11.4 Å². The SMILES string of the molecule is NS(=O)(=O)C1CC(=O)N(c2ccc(Br)cc2[N+](=O)[O-])C1. The Morgan fingerprint density at radius 3 is 2.60 bits per heavy atom. The molecule has 0 spiro atoms. The molecule has 1 aromatic rings. The van der Waals surface area contributed by atoms with E-state index in [9.17, 15) is 23.3 Å². The first kappa shape index (κ1) is 14.9. The summed E-state index contributed by atoms with van der Waals surface area (Å²) in [5.74, 6) is -0.505. The first-order valence-corrected chi connectivity index (χ1v) is 7.86. The second kappa shape index (κ2) is 5.11. The van der Waals surface area contributed by atoms with Gasteiger partial charge in [0.15, 0.2) is 0 Å². The van der Waals surface area contributed by atoms with Crippen LogP contribution in [0.1, 0.15) is 6.42 Å². The minimum absolute atomic E-state index is 0.0642. The maximum atomic E-state index is 11.9. The summed E-state index contributed by atoms with van der Waals surface area (Å²) in [4.78, 5) is 23.3. The van der Waals surface area contributed by atoms with Gasteiger partial charge in [0.05, 0.1) is 4.92 Å². The molecule has 0 aromatic heterocycles. The van der Waals surface area contributed by atoms with Gasteiger partial charge in [-0.15, -0.1) is 0 Å². The number of nitro benzene ring substituents is 1. The Labute approximate surface area is 122 Å². The molecule has 2 rings (SSSR count). The third-order valence-corrected chi connectivity index (χ3v) is 4.72. The van der Waals surface area contributed by atoms with Gasteiger partial charge in [0.1, 0.15) is 10.9 Å². The van der Waals surface area contributed by atoms with Gasteiger partial charge in [-0.25, -0.2) is 13.6 Å². The standard InChI is InChI=1S/C10H10BrN3O5S/c11-6-1-2-8(9(3-6)14(16)17)13-5-7(4-10(13)15)20(12,18)19/h1-3,7H,4-5H2,(H2,12,18,19). The second-order valence-electron chi connectivity index (χ2n) is 4.31. The molecule has 1 heterocycles. The highest BCUT2D eigenvalue weighted by Crippen LogP contribution is 2.34. The summed E-state index contributed by atoms with van der Waals surface area (Å²) in [6.07, 6.45) is -0.272. The maximum absolute atomic E-state index is 11.9. The summed E-state index contributed by atoms with van der Waals surface area (Å²) in [5, 5.41) is 15.0. The van der Waals surface area contributed by atoms with Crippen molar-refractivity contribution in [3.63, 3.8) is 0 Å². The molecule has 20 heavy (non-hydrogen) atoms. The predicted molar refractivity (Wildman–Crippen MR) is 74.7 cm³/mol. The molecular weight excluding hydrogens is 354 g/mol. The molecule has 1 amide bonds. The van der Waals surface area contributed by atoms with Gasteiger partial charge in [-0.2, -0.15) is 0 Å². The second-order valence-corrected chi connectivity index (χ2v) is 7.07. The van der Waals surface area contributed by atoms with Crippen LogP contribution < -0.4 is 10.0 Å². The Balaban J connectivity index is 2.43. The van der Waals surface area contributed by atoms with Gasteiger partial charge in [0.2, 0.25) is 15.9 Å². The van der Waals surface area contributed by atoms with Crippen molar-refractivity contribution < 1.29 is 18.1 Å². The number of carbonyl (C=O) groups is 1. The molecule has 1 aliphatic heterocycles. The van der Waals surface area contributed by atoms with Gasteiger partial charge < -0.3 is 4.90 Å². The molecule has 2 N–H and O–H groups in total. The molecule has 0 aliphatic carbocycles. The fourth-order valence-corrected chi connectivity index (χ4v) is 3.08. The number of carbonyl (C=O) groups excluding carboxylic acids is 1. The highest BCUT2D eigenvalue weighted by atomic mass is 79.9. The fourth-order valence-electron chi connectivity index (χ4n) is 2.00. The molecule has 1 fully saturated rings. The number of nitro groups is 1. The van der Waals surface area contributed by atoms with E-state index < -0.39 is 26.1 Å². The van der Waals surface area contributed by atoms with E-state index in [0.717, 1.165) is 4.90 Å². The van der Waals surface area contributed by atoms with Crippen molar-refractivity contribution in [3.8, 4) is 0 Å². The highest BCUT2D eigenvalue weighted by molar-refractivity contribution is 9.10. The van der Waals surface area contributed by atoms with Gasteiger partial charge in [0.25, 0.3) is 5.69 Å². The highest BCUT2D eigenvalue weighted by Gasteiger charge is 2.39. The number of primary sulfonamides is 1. The van der Waals surface area contributed by atoms with Gasteiger partial charge in [-0.3, -0.25) is 14.9 Å². The Morgan fingerprint density at radius 2 is 2.10 bits per heavy atom.